The van der Waals surface area contributed by atoms with Gasteiger partial charge in [0.05, 0.1) is 11.1 Å². The first-order chi connectivity index (χ1) is 18.3. The van der Waals surface area contributed by atoms with Crippen molar-refractivity contribution in [2.24, 2.45) is 0 Å². The van der Waals surface area contributed by atoms with E-state index in [1.807, 2.05) is 0 Å². The van der Waals surface area contributed by atoms with E-state index >= 15 is 0 Å². The van der Waals surface area contributed by atoms with Crippen LogP contribution in [0.15, 0.2) is 46.9 Å². The van der Waals surface area contributed by atoms with Crippen molar-refractivity contribution in [1.29, 1.82) is 0 Å². The summed E-state index contributed by atoms with van der Waals surface area (Å²) in [6, 6.07) is 9.95. The van der Waals surface area contributed by atoms with Gasteiger partial charge in [-0.15, -0.1) is 0 Å². The van der Waals surface area contributed by atoms with E-state index in [0.29, 0.717) is 54.0 Å². The maximum absolute atomic E-state index is 13.6. The van der Waals surface area contributed by atoms with Gasteiger partial charge in [0.1, 0.15) is 28.8 Å². The van der Waals surface area contributed by atoms with Gasteiger partial charge in [-0.3, -0.25) is 4.79 Å². The van der Waals surface area contributed by atoms with Crippen LogP contribution >= 0.6 is 0 Å². The summed E-state index contributed by atoms with van der Waals surface area (Å²) in [4.78, 5) is 27.2. The zero-order chi connectivity index (χ0) is 28.5. The van der Waals surface area contributed by atoms with Gasteiger partial charge in [0.15, 0.2) is 0 Å². The molecule has 10 heteroatoms. The molecule has 7 nitrogen and oxygen atoms in total. The molecule has 0 saturated carbocycles. The molecule has 1 saturated heterocycles. The number of hydrogen-bond acceptors (Lipinski definition) is 5. The molecule has 2 aromatic carbocycles. The molecule has 2 heterocycles. The molecule has 39 heavy (non-hydrogen) atoms. The summed E-state index contributed by atoms with van der Waals surface area (Å²) in [5.41, 5.74) is -0.541. The number of aryl methyl sites for hydroxylation is 1. The summed E-state index contributed by atoms with van der Waals surface area (Å²) >= 11 is 0. The zero-order valence-corrected chi connectivity index (χ0v) is 22.6. The highest BCUT2D eigenvalue weighted by atomic mass is 19.4. The lowest BCUT2D eigenvalue weighted by molar-refractivity contribution is -0.139. The Balaban J connectivity index is 1.53. The summed E-state index contributed by atoms with van der Waals surface area (Å²) in [5, 5.41) is 3.46. The number of nitrogens with one attached hydrogen (secondary N) is 1. The second kappa shape index (κ2) is 10.8. The minimum atomic E-state index is -4.51. The van der Waals surface area contributed by atoms with Gasteiger partial charge in [0.2, 0.25) is 0 Å². The number of alkyl halides is 3. The molecule has 0 spiro atoms. The van der Waals surface area contributed by atoms with Crippen molar-refractivity contribution in [3.63, 3.8) is 0 Å². The van der Waals surface area contributed by atoms with Crippen molar-refractivity contribution in [2.75, 3.05) is 13.1 Å². The highest BCUT2D eigenvalue weighted by Gasteiger charge is 2.35. The fourth-order valence-corrected chi connectivity index (χ4v) is 4.75. The number of halogens is 3. The van der Waals surface area contributed by atoms with Crippen LogP contribution in [0.1, 0.15) is 73.9 Å². The van der Waals surface area contributed by atoms with Gasteiger partial charge >= 0.3 is 12.3 Å². The Kier molecular flexibility index (Phi) is 7.86. The predicted octanol–water partition coefficient (Wildman–Crippen LogP) is 7.03. The molecule has 3 aromatic rings. The summed E-state index contributed by atoms with van der Waals surface area (Å²) < 4.78 is 58.0. The van der Waals surface area contributed by atoms with Crippen molar-refractivity contribution < 1.29 is 36.7 Å². The number of carbonyl (C=O) groups is 2. The van der Waals surface area contributed by atoms with Crippen LogP contribution in [0.25, 0.3) is 11.0 Å². The van der Waals surface area contributed by atoms with Gasteiger partial charge in [0.25, 0.3) is 5.91 Å². The van der Waals surface area contributed by atoms with Crippen LogP contribution < -0.4 is 10.1 Å². The third-order valence-corrected chi connectivity index (χ3v) is 6.50. The minimum absolute atomic E-state index is 0.0460. The molecule has 0 radical (unpaired) electrons. The average molecular weight is 547 g/mol. The van der Waals surface area contributed by atoms with Crippen LogP contribution in [0, 0.1) is 6.92 Å². The van der Waals surface area contributed by atoms with Gasteiger partial charge in [-0.25, -0.2) is 4.79 Å². The molecule has 1 N–H and O–H groups in total. The standard InChI is InChI=1S/C29H33F3N2O5/c1-6-23(20-9-7-8-10-22(20)29(30,31)32)38-19-11-12-24-21(15-19)25(17(2)37-24)26(35)33-18-13-14-34(16-18)27(36)39-28(3,4)5/h7-12,15,18,23H,6,13-14,16H2,1-5H3,(H,33,35)/t18-,23?/m1/s1. The monoisotopic (exact) mass is 546 g/mol. The van der Waals surface area contributed by atoms with Gasteiger partial charge < -0.3 is 24.1 Å². The maximum Gasteiger partial charge on any atom is 0.416 e. The first-order valence-corrected chi connectivity index (χ1v) is 12.9. The molecule has 0 bridgehead atoms. The number of fused-ring (bicyclic) bond motifs is 1. The zero-order valence-electron chi connectivity index (χ0n) is 22.6. The van der Waals surface area contributed by atoms with Crippen molar-refractivity contribution in [3.8, 4) is 5.75 Å². The average Bonchev–Trinajstić information content (AvgIpc) is 3.44. The lowest BCUT2D eigenvalue weighted by Crippen LogP contribution is -2.40. The molecule has 210 valence electrons. The largest absolute Gasteiger partial charge is 0.486 e. The number of carbonyl (C=O) groups excluding carboxylic acids is 2. The first-order valence-electron chi connectivity index (χ1n) is 12.9. The van der Waals surface area contributed by atoms with Gasteiger partial charge in [-0.1, -0.05) is 25.1 Å². The van der Waals surface area contributed by atoms with E-state index in [0.717, 1.165) is 6.07 Å². The molecule has 1 aromatic heterocycles. The molecule has 1 aliphatic heterocycles. The third-order valence-electron chi connectivity index (χ3n) is 6.50. The molecule has 2 amide bonds. The summed E-state index contributed by atoms with van der Waals surface area (Å²) in [6.45, 7) is 9.58. The Morgan fingerprint density at radius 1 is 1.15 bits per heavy atom. The number of benzene rings is 2. The molecular weight excluding hydrogens is 513 g/mol. The minimum Gasteiger partial charge on any atom is -0.486 e. The van der Waals surface area contributed by atoms with E-state index in [1.54, 1.807) is 63.8 Å². The molecule has 1 fully saturated rings. The first kappa shape index (κ1) is 28.3. The quantitative estimate of drug-likeness (QED) is 0.359. The van der Waals surface area contributed by atoms with Crippen LogP contribution in [0.2, 0.25) is 0 Å². The van der Waals surface area contributed by atoms with E-state index in [1.165, 1.54) is 12.1 Å². The second-order valence-electron chi connectivity index (χ2n) is 10.7. The molecular formula is C29H33F3N2O5. The van der Waals surface area contributed by atoms with Crippen molar-refractivity contribution in [3.05, 3.63) is 64.9 Å². The van der Waals surface area contributed by atoms with E-state index < -0.39 is 29.5 Å². The Morgan fingerprint density at radius 2 is 1.87 bits per heavy atom. The van der Waals surface area contributed by atoms with Crippen molar-refractivity contribution in [1.82, 2.24) is 10.2 Å². The third kappa shape index (κ3) is 6.49. The number of hydrogen-bond donors (Lipinski definition) is 1. The lowest BCUT2D eigenvalue weighted by atomic mass is 10.00. The number of furan rings is 1. The number of rotatable bonds is 6. The van der Waals surface area contributed by atoms with Crippen LogP contribution in [-0.2, 0) is 10.9 Å². The lowest BCUT2D eigenvalue weighted by Gasteiger charge is -2.24. The molecule has 1 aliphatic rings. The Labute approximate surface area is 225 Å². The summed E-state index contributed by atoms with van der Waals surface area (Å²) in [5.74, 6) is 0.350. The van der Waals surface area contributed by atoms with Crippen LogP contribution in [0.5, 0.6) is 5.75 Å². The predicted molar refractivity (Wildman–Crippen MR) is 140 cm³/mol. The summed E-state index contributed by atoms with van der Waals surface area (Å²) in [7, 11) is 0. The van der Waals surface area contributed by atoms with E-state index in [9.17, 15) is 22.8 Å². The van der Waals surface area contributed by atoms with E-state index in [4.69, 9.17) is 13.9 Å². The van der Waals surface area contributed by atoms with Gasteiger partial charge in [-0.2, -0.15) is 13.2 Å². The molecule has 2 atom stereocenters. The van der Waals surface area contributed by atoms with E-state index in [-0.39, 0.29) is 17.5 Å². The van der Waals surface area contributed by atoms with Crippen LogP contribution in [0.3, 0.4) is 0 Å². The number of likely N-dealkylation sites (tertiary alicyclic amines) is 1. The fraction of sp³-hybridized carbons (Fsp3) is 0.448. The number of ether oxygens (including phenoxy) is 2. The van der Waals surface area contributed by atoms with E-state index in [2.05, 4.69) is 5.32 Å². The van der Waals surface area contributed by atoms with Gasteiger partial charge in [-0.05, 0) is 64.8 Å². The topological polar surface area (TPSA) is 81.0 Å². The van der Waals surface area contributed by atoms with Crippen molar-refractivity contribution in [2.45, 2.75) is 71.4 Å². The Morgan fingerprint density at radius 3 is 2.54 bits per heavy atom. The Bertz CT molecular complexity index is 1360. The fourth-order valence-electron chi connectivity index (χ4n) is 4.75. The molecule has 0 aliphatic carbocycles. The van der Waals surface area contributed by atoms with Crippen LogP contribution in [-0.4, -0.2) is 41.6 Å². The SMILES string of the molecule is CCC(Oc1ccc2oc(C)c(C(=O)N[C@@H]3CCN(C(=O)OC(C)(C)C)C3)c2c1)c1ccccc1C(F)(F)F. The second-order valence-corrected chi connectivity index (χ2v) is 10.7. The smallest absolute Gasteiger partial charge is 0.416 e. The van der Waals surface area contributed by atoms with Crippen molar-refractivity contribution >= 4 is 23.0 Å². The molecule has 1 unspecified atom stereocenters. The highest BCUT2D eigenvalue weighted by Crippen LogP contribution is 2.38. The normalized spacial score (nSPS) is 16.8. The van der Waals surface area contributed by atoms with Crippen LogP contribution in [0.4, 0.5) is 18.0 Å². The highest BCUT2D eigenvalue weighted by molar-refractivity contribution is 6.07. The Hall–Kier alpha value is -3.69. The van der Waals surface area contributed by atoms with Gasteiger partial charge in [0, 0.05) is 30.1 Å². The number of amides is 2. The maximum atomic E-state index is 13.6. The summed E-state index contributed by atoms with van der Waals surface area (Å²) in [6.07, 6.45) is -4.90. The number of nitrogens with zero attached hydrogens (tertiary/aromatic N) is 1. The molecule has 4 rings (SSSR count).